The summed E-state index contributed by atoms with van der Waals surface area (Å²) in [4.78, 5) is 28.3. The Balaban J connectivity index is 2.02. The summed E-state index contributed by atoms with van der Waals surface area (Å²) in [6.07, 6.45) is 0.209. The maximum Gasteiger partial charge on any atom is 0.234 e. The second kappa shape index (κ2) is 5.37. The summed E-state index contributed by atoms with van der Waals surface area (Å²) in [6, 6.07) is 5.82. The molecule has 1 aromatic carbocycles. The van der Waals surface area contributed by atoms with Gasteiger partial charge in [0.05, 0.1) is 10.9 Å². The van der Waals surface area contributed by atoms with Crippen LogP contribution in [0.25, 0.3) is 0 Å². The number of benzene rings is 1. The number of nitrogens with zero attached hydrogens (tertiary/aromatic N) is 1. The van der Waals surface area contributed by atoms with Gasteiger partial charge >= 0.3 is 0 Å². The lowest BCUT2D eigenvalue weighted by Crippen LogP contribution is -2.43. The van der Waals surface area contributed by atoms with Crippen molar-refractivity contribution in [3.63, 3.8) is 0 Å². The molecule has 21 heavy (non-hydrogen) atoms. The van der Waals surface area contributed by atoms with Crippen molar-refractivity contribution in [3.8, 4) is 0 Å². The number of hydrogen-bond acceptors (Lipinski definition) is 4. The van der Waals surface area contributed by atoms with Gasteiger partial charge in [0.25, 0.3) is 0 Å². The second-order valence-corrected chi connectivity index (χ2v) is 5.97. The Labute approximate surface area is 125 Å². The summed E-state index contributed by atoms with van der Waals surface area (Å²) in [7, 11) is 0. The number of aromatic nitrogens is 1. The molecule has 1 aliphatic heterocycles. The molecule has 3 rings (SSSR count). The summed E-state index contributed by atoms with van der Waals surface area (Å²) >= 11 is 1.44. The fourth-order valence-electron chi connectivity index (χ4n) is 2.59. The lowest BCUT2D eigenvalue weighted by atomic mass is 9.81. The summed E-state index contributed by atoms with van der Waals surface area (Å²) in [6.45, 7) is 1.87. The Morgan fingerprint density at radius 2 is 2.00 bits per heavy atom. The Bertz CT molecular complexity index is 696. The van der Waals surface area contributed by atoms with E-state index >= 15 is 0 Å². The molecule has 0 aliphatic carbocycles. The van der Waals surface area contributed by atoms with Gasteiger partial charge in [0.1, 0.15) is 5.82 Å². The third-order valence-corrected chi connectivity index (χ3v) is 4.63. The first-order valence-corrected chi connectivity index (χ1v) is 7.44. The Kier molecular flexibility index (Phi) is 3.55. The average molecular weight is 304 g/mol. The molecule has 2 unspecified atom stereocenters. The number of amides is 2. The molecule has 0 radical (unpaired) electrons. The standard InChI is InChI=1S/C15H13FN2O2S/c1-8-7-21-15(17-8)11-6-12(19)18-14(20)13(11)9-2-4-10(16)5-3-9/h2-5,7,11,13H,6H2,1H3,(H,18,19,20). The number of aryl methyl sites for hydroxylation is 1. The molecule has 4 nitrogen and oxygen atoms in total. The number of nitrogens with one attached hydrogen (secondary N) is 1. The van der Waals surface area contributed by atoms with E-state index in [0.717, 1.165) is 10.7 Å². The topological polar surface area (TPSA) is 59.1 Å². The molecule has 2 aromatic rings. The lowest BCUT2D eigenvalue weighted by Gasteiger charge is -2.29. The van der Waals surface area contributed by atoms with Crippen LogP contribution in [0.4, 0.5) is 4.39 Å². The van der Waals surface area contributed by atoms with Gasteiger partial charge in [0, 0.05) is 23.4 Å². The summed E-state index contributed by atoms with van der Waals surface area (Å²) in [5, 5.41) is 5.02. The molecular formula is C15H13FN2O2S. The molecule has 1 N–H and O–H groups in total. The van der Waals surface area contributed by atoms with E-state index in [1.54, 1.807) is 12.1 Å². The quantitative estimate of drug-likeness (QED) is 0.867. The van der Waals surface area contributed by atoms with Crippen LogP contribution < -0.4 is 5.32 Å². The molecular weight excluding hydrogens is 291 g/mol. The number of carbonyl (C=O) groups excluding carboxylic acids is 2. The average Bonchev–Trinajstić information content (AvgIpc) is 2.86. The van der Waals surface area contributed by atoms with Crippen molar-refractivity contribution in [3.05, 3.63) is 51.7 Å². The minimum Gasteiger partial charge on any atom is -0.296 e. The predicted octanol–water partition coefficient (Wildman–Crippen LogP) is 2.50. The molecule has 2 heterocycles. The van der Waals surface area contributed by atoms with E-state index in [2.05, 4.69) is 10.3 Å². The molecule has 0 saturated carbocycles. The fourth-order valence-corrected chi connectivity index (χ4v) is 3.53. The summed E-state index contributed by atoms with van der Waals surface area (Å²) in [5.74, 6) is -1.82. The van der Waals surface area contributed by atoms with Gasteiger partial charge in [-0.3, -0.25) is 14.9 Å². The van der Waals surface area contributed by atoms with Crippen LogP contribution in [0.15, 0.2) is 29.6 Å². The number of rotatable bonds is 2. The van der Waals surface area contributed by atoms with Crippen LogP contribution in [0.3, 0.4) is 0 Å². The van der Waals surface area contributed by atoms with Gasteiger partial charge in [-0.05, 0) is 24.6 Å². The number of imide groups is 1. The van der Waals surface area contributed by atoms with Crippen LogP contribution in [0.2, 0.25) is 0 Å². The van der Waals surface area contributed by atoms with Gasteiger partial charge < -0.3 is 0 Å². The molecule has 1 saturated heterocycles. The van der Waals surface area contributed by atoms with Crippen LogP contribution >= 0.6 is 11.3 Å². The smallest absolute Gasteiger partial charge is 0.234 e. The first-order chi connectivity index (χ1) is 10.0. The van der Waals surface area contributed by atoms with E-state index in [0.29, 0.717) is 5.56 Å². The summed E-state index contributed by atoms with van der Waals surface area (Å²) in [5.41, 5.74) is 1.56. The van der Waals surface area contributed by atoms with Gasteiger partial charge in [-0.25, -0.2) is 9.37 Å². The SMILES string of the molecule is Cc1csc(C2CC(=O)NC(=O)C2c2ccc(F)cc2)n1. The van der Waals surface area contributed by atoms with Crippen LogP contribution in [0.5, 0.6) is 0 Å². The zero-order valence-electron chi connectivity index (χ0n) is 11.3. The van der Waals surface area contributed by atoms with Crippen molar-refractivity contribution < 1.29 is 14.0 Å². The Morgan fingerprint density at radius 3 is 2.62 bits per heavy atom. The monoisotopic (exact) mass is 304 g/mol. The third kappa shape index (κ3) is 2.71. The van der Waals surface area contributed by atoms with E-state index in [1.165, 1.54) is 23.5 Å². The Hall–Kier alpha value is -2.08. The highest BCUT2D eigenvalue weighted by Crippen LogP contribution is 2.39. The zero-order chi connectivity index (χ0) is 15.0. The zero-order valence-corrected chi connectivity index (χ0v) is 12.1. The number of hydrogen-bond donors (Lipinski definition) is 1. The fraction of sp³-hybridized carbons (Fsp3) is 0.267. The molecule has 1 aliphatic rings. The van der Waals surface area contributed by atoms with E-state index in [-0.39, 0.29) is 30.0 Å². The van der Waals surface area contributed by atoms with Gasteiger partial charge in [-0.2, -0.15) is 0 Å². The molecule has 2 atom stereocenters. The van der Waals surface area contributed by atoms with Crippen molar-refractivity contribution in [2.24, 2.45) is 0 Å². The number of thiazole rings is 1. The van der Waals surface area contributed by atoms with Crippen LogP contribution in [-0.4, -0.2) is 16.8 Å². The van der Waals surface area contributed by atoms with Gasteiger partial charge in [-0.15, -0.1) is 11.3 Å². The molecule has 108 valence electrons. The summed E-state index contributed by atoms with van der Waals surface area (Å²) < 4.78 is 13.1. The van der Waals surface area contributed by atoms with Gasteiger partial charge in [-0.1, -0.05) is 12.1 Å². The lowest BCUT2D eigenvalue weighted by molar-refractivity contribution is -0.135. The first kappa shape index (κ1) is 13.9. The van der Waals surface area contributed by atoms with E-state index in [9.17, 15) is 14.0 Å². The van der Waals surface area contributed by atoms with E-state index in [1.807, 2.05) is 12.3 Å². The van der Waals surface area contributed by atoms with Crippen molar-refractivity contribution in [2.75, 3.05) is 0 Å². The minimum absolute atomic E-state index is 0.209. The molecule has 2 amide bonds. The van der Waals surface area contributed by atoms with Gasteiger partial charge in [0.2, 0.25) is 11.8 Å². The van der Waals surface area contributed by atoms with E-state index in [4.69, 9.17) is 0 Å². The van der Waals surface area contributed by atoms with Crippen molar-refractivity contribution in [1.29, 1.82) is 0 Å². The maximum atomic E-state index is 13.1. The highest BCUT2D eigenvalue weighted by atomic mass is 32.1. The predicted molar refractivity (Wildman–Crippen MR) is 76.5 cm³/mol. The minimum atomic E-state index is -0.520. The Morgan fingerprint density at radius 1 is 1.29 bits per heavy atom. The highest BCUT2D eigenvalue weighted by Gasteiger charge is 2.39. The molecule has 0 spiro atoms. The molecule has 1 aromatic heterocycles. The van der Waals surface area contributed by atoms with E-state index < -0.39 is 5.92 Å². The van der Waals surface area contributed by atoms with Crippen LogP contribution in [0, 0.1) is 12.7 Å². The molecule has 0 bridgehead atoms. The molecule has 1 fully saturated rings. The van der Waals surface area contributed by atoms with Crippen LogP contribution in [0.1, 0.15) is 34.5 Å². The maximum absolute atomic E-state index is 13.1. The number of carbonyl (C=O) groups is 2. The first-order valence-electron chi connectivity index (χ1n) is 6.56. The van der Waals surface area contributed by atoms with Crippen LogP contribution in [-0.2, 0) is 9.59 Å². The van der Waals surface area contributed by atoms with Crippen molar-refractivity contribution in [1.82, 2.24) is 10.3 Å². The second-order valence-electron chi connectivity index (χ2n) is 5.08. The normalized spacial score (nSPS) is 22.2. The number of halogens is 1. The largest absolute Gasteiger partial charge is 0.296 e. The third-order valence-electron chi connectivity index (χ3n) is 3.54. The molecule has 6 heteroatoms. The van der Waals surface area contributed by atoms with Crippen molar-refractivity contribution >= 4 is 23.2 Å². The van der Waals surface area contributed by atoms with Gasteiger partial charge in [0.15, 0.2) is 0 Å². The number of piperidine rings is 1. The van der Waals surface area contributed by atoms with Crippen molar-refractivity contribution in [2.45, 2.75) is 25.2 Å². The highest BCUT2D eigenvalue weighted by molar-refractivity contribution is 7.09.